The number of ketones is 2. The van der Waals surface area contributed by atoms with Gasteiger partial charge in [0, 0.05) is 33.9 Å². The third-order valence-corrected chi connectivity index (χ3v) is 7.10. The van der Waals surface area contributed by atoms with Gasteiger partial charge in [-0.1, -0.05) is 51.4 Å². The maximum absolute atomic E-state index is 13.1. The first-order valence-corrected chi connectivity index (χ1v) is 12.3. The van der Waals surface area contributed by atoms with Crippen molar-refractivity contribution in [3.63, 3.8) is 0 Å². The normalized spacial score (nSPS) is 16.8. The summed E-state index contributed by atoms with van der Waals surface area (Å²) >= 11 is 6.51. The first-order chi connectivity index (χ1) is 17.0. The Morgan fingerprint density at radius 1 is 1.08 bits per heavy atom. The molecule has 0 N–H and O–H groups in total. The van der Waals surface area contributed by atoms with E-state index in [1.807, 2.05) is 33.8 Å². The van der Waals surface area contributed by atoms with Gasteiger partial charge in [-0.3, -0.25) is 9.59 Å². The Bertz CT molecular complexity index is 1340. The van der Waals surface area contributed by atoms with Crippen molar-refractivity contribution in [1.82, 2.24) is 10.2 Å². The highest BCUT2D eigenvalue weighted by molar-refractivity contribution is 6.32. The second kappa shape index (κ2) is 9.83. The second-order valence-corrected chi connectivity index (χ2v) is 11.1. The largest absolute Gasteiger partial charge is 0.454 e. The molecule has 3 aromatic rings. The Kier molecular flexibility index (Phi) is 6.97. The lowest BCUT2D eigenvalue weighted by molar-refractivity contribution is -0.142. The van der Waals surface area contributed by atoms with Crippen LogP contribution in [0.4, 0.5) is 0 Å². The molecule has 0 bridgehead atoms. The highest BCUT2D eigenvalue weighted by Crippen LogP contribution is 2.47. The molecule has 1 aliphatic rings. The van der Waals surface area contributed by atoms with Gasteiger partial charge in [-0.05, 0) is 49.1 Å². The van der Waals surface area contributed by atoms with Crippen molar-refractivity contribution >= 4 is 23.2 Å². The number of nitriles is 1. The first-order valence-electron chi connectivity index (χ1n) is 11.9. The molecule has 0 aliphatic heterocycles. The lowest BCUT2D eigenvalue weighted by atomic mass is 9.59. The summed E-state index contributed by atoms with van der Waals surface area (Å²) in [6.07, 6.45) is 4.88. The number of Topliss-reactive ketones (excluding diaryl/α,β-unsaturated/α-hetero) is 2. The van der Waals surface area contributed by atoms with Gasteiger partial charge in [-0.2, -0.15) is 15.5 Å². The van der Waals surface area contributed by atoms with Gasteiger partial charge in [0.2, 0.25) is 0 Å². The maximum atomic E-state index is 13.1. The number of carbonyl (C=O) groups is 2. The predicted octanol–water partition coefficient (Wildman–Crippen LogP) is 7.07. The molecule has 1 aliphatic carbocycles. The number of ether oxygens (including phenoxy) is 1. The van der Waals surface area contributed by atoms with E-state index in [0.29, 0.717) is 47.5 Å². The van der Waals surface area contributed by atoms with Crippen molar-refractivity contribution in [1.29, 1.82) is 5.26 Å². The first kappa shape index (κ1) is 25.5. The average Bonchev–Trinajstić information content (AvgIpc) is 2.83. The number of carbonyl (C=O) groups excluding carboxylic acids is 2. The summed E-state index contributed by atoms with van der Waals surface area (Å²) < 4.78 is 6.01. The highest BCUT2D eigenvalue weighted by Gasteiger charge is 2.46. The van der Waals surface area contributed by atoms with Gasteiger partial charge < -0.3 is 4.74 Å². The van der Waals surface area contributed by atoms with E-state index >= 15 is 0 Å². The lowest BCUT2D eigenvalue weighted by Crippen LogP contribution is -2.44. The smallest absolute Gasteiger partial charge is 0.163 e. The number of halogens is 1. The molecule has 2 aromatic carbocycles. The third kappa shape index (κ3) is 5.17. The van der Waals surface area contributed by atoms with Crippen LogP contribution >= 0.6 is 11.6 Å². The molecule has 4 rings (SSSR count). The fourth-order valence-corrected chi connectivity index (χ4v) is 5.66. The second-order valence-electron chi connectivity index (χ2n) is 10.7. The molecular weight excluding hydrogens is 474 g/mol. The van der Waals surface area contributed by atoms with Crippen LogP contribution in [0, 0.1) is 28.1 Å². The topological polar surface area (TPSA) is 92.9 Å². The zero-order valence-corrected chi connectivity index (χ0v) is 21.6. The van der Waals surface area contributed by atoms with Gasteiger partial charge in [-0.15, -0.1) is 0 Å². The van der Waals surface area contributed by atoms with Crippen LogP contribution in [0.2, 0.25) is 5.02 Å². The van der Waals surface area contributed by atoms with Gasteiger partial charge in [0.05, 0.1) is 17.4 Å². The van der Waals surface area contributed by atoms with Crippen molar-refractivity contribution in [3.8, 4) is 28.7 Å². The van der Waals surface area contributed by atoms with Crippen LogP contribution in [0.1, 0.15) is 62.9 Å². The Morgan fingerprint density at radius 2 is 1.81 bits per heavy atom. The highest BCUT2D eigenvalue weighted by atomic mass is 35.5. The van der Waals surface area contributed by atoms with Crippen LogP contribution in [0.15, 0.2) is 54.9 Å². The molecule has 1 aromatic heterocycles. The van der Waals surface area contributed by atoms with Crippen LogP contribution in [0.25, 0.3) is 11.1 Å². The zero-order valence-electron chi connectivity index (χ0n) is 20.8. The number of hydrogen-bond donors (Lipinski definition) is 0. The van der Waals surface area contributed by atoms with E-state index in [9.17, 15) is 14.9 Å². The average molecular weight is 502 g/mol. The van der Waals surface area contributed by atoms with Gasteiger partial charge >= 0.3 is 0 Å². The van der Waals surface area contributed by atoms with Crippen LogP contribution in [0.5, 0.6) is 11.5 Å². The van der Waals surface area contributed by atoms with Gasteiger partial charge in [0.15, 0.2) is 5.78 Å². The molecule has 1 fully saturated rings. The van der Waals surface area contributed by atoms with Crippen molar-refractivity contribution in [2.45, 2.75) is 47.0 Å². The Hall–Kier alpha value is -3.56. The molecule has 0 unspecified atom stereocenters. The third-order valence-electron chi connectivity index (χ3n) is 6.81. The fourth-order valence-electron chi connectivity index (χ4n) is 5.44. The van der Waals surface area contributed by atoms with E-state index in [2.05, 4.69) is 16.3 Å². The van der Waals surface area contributed by atoms with Gasteiger partial charge in [0.1, 0.15) is 28.9 Å². The van der Waals surface area contributed by atoms with Crippen molar-refractivity contribution < 1.29 is 14.3 Å². The lowest BCUT2D eigenvalue weighted by Gasteiger charge is -2.43. The van der Waals surface area contributed by atoms with E-state index in [1.54, 1.807) is 48.8 Å². The standard InChI is InChI=1S/C29H28ClN3O3/c1-28(2)14-18(15-29(3,4)27(28)35)12-24(34)19-8-9-26(23(30)13-19)36-25-7-5-6-21(22(25)16-31)20-10-11-32-33-17-20/h5-11,13,17-18H,12,14-15H2,1-4H3. The van der Waals surface area contributed by atoms with Crippen LogP contribution in [0.3, 0.4) is 0 Å². The summed E-state index contributed by atoms with van der Waals surface area (Å²) in [7, 11) is 0. The molecular formula is C29H28ClN3O3. The number of nitrogens with zero attached hydrogens (tertiary/aromatic N) is 3. The molecule has 0 spiro atoms. The molecule has 0 amide bonds. The number of hydrogen-bond acceptors (Lipinski definition) is 6. The molecule has 1 heterocycles. The molecule has 0 radical (unpaired) electrons. The minimum Gasteiger partial charge on any atom is -0.454 e. The summed E-state index contributed by atoms with van der Waals surface area (Å²) in [6.45, 7) is 7.86. The zero-order chi connectivity index (χ0) is 26.1. The van der Waals surface area contributed by atoms with E-state index in [0.717, 1.165) is 5.56 Å². The van der Waals surface area contributed by atoms with Crippen LogP contribution in [-0.2, 0) is 4.79 Å². The van der Waals surface area contributed by atoms with Crippen molar-refractivity contribution in [2.75, 3.05) is 0 Å². The Balaban J connectivity index is 1.53. The van der Waals surface area contributed by atoms with Gasteiger partial charge in [0.25, 0.3) is 0 Å². The fraction of sp³-hybridized carbons (Fsp3) is 0.345. The summed E-state index contributed by atoms with van der Waals surface area (Å²) in [5.74, 6) is 1.06. The van der Waals surface area contributed by atoms with Crippen LogP contribution in [-0.4, -0.2) is 21.8 Å². The summed E-state index contributed by atoms with van der Waals surface area (Å²) in [5, 5.41) is 17.7. The van der Waals surface area contributed by atoms with Crippen molar-refractivity contribution in [3.05, 3.63) is 71.0 Å². The maximum Gasteiger partial charge on any atom is 0.163 e. The minimum atomic E-state index is -0.443. The predicted molar refractivity (Wildman–Crippen MR) is 138 cm³/mol. The summed E-state index contributed by atoms with van der Waals surface area (Å²) in [4.78, 5) is 25.8. The molecule has 0 atom stereocenters. The van der Waals surface area contributed by atoms with Crippen LogP contribution < -0.4 is 4.74 Å². The van der Waals surface area contributed by atoms with E-state index in [-0.39, 0.29) is 22.5 Å². The molecule has 6 nitrogen and oxygen atoms in total. The number of benzene rings is 2. The molecule has 1 saturated carbocycles. The summed E-state index contributed by atoms with van der Waals surface area (Å²) in [5.41, 5.74) is 1.37. The Morgan fingerprint density at radius 3 is 2.42 bits per heavy atom. The monoisotopic (exact) mass is 501 g/mol. The molecule has 184 valence electrons. The Labute approximate surface area is 216 Å². The van der Waals surface area contributed by atoms with Crippen molar-refractivity contribution in [2.24, 2.45) is 16.7 Å². The molecule has 7 heteroatoms. The van der Waals surface area contributed by atoms with Gasteiger partial charge in [-0.25, -0.2) is 0 Å². The van der Waals surface area contributed by atoms with E-state index < -0.39 is 10.8 Å². The number of rotatable bonds is 6. The van der Waals surface area contributed by atoms with E-state index in [1.165, 1.54) is 0 Å². The molecule has 36 heavy (non-hydrogen) atoms. The SMILES string of the molecule is CC1(C)CC(CC(=O)c2ccc(Oc3cccc(-c4ccnnc4)c3C#N)c(Cl)c2)CC(C)(C)C1=O. The quantitative estimate of drug-likeness (QED) is 0.335. The number of aromatic nitrogens is 2. The summed E-state index contributed by atoms with van der Waals surface area (Å²) in [6, 6.07) is 14.2. The minimum absolute atomic E-state index is 0.0145. The molecule has 0 saturated heterocycles. The van der Waals surface area contributed by atoms with E-state index in [4.69, 9.17) is 16.3 Å².